The molecule has 0 radical (unpaired) electrons. The molecule has 0 rings (SSSR count). The summed E-state index contributed by atoms with van der Waals surface area (Å²) in [7, 11) is 0. The first kappa shape index (κ1) is 36.6. The molecule has 0 saturated carbocycles. The number of rotatable bonds is 22. The fourth-order valence-corrected chi connectivity index (χ4v) is 22.0. The molecule has 0 fully saturated rings. The fraction of sp³-hybridized carbons (Fsp3) is 1.00. The van der Waals surface area contributed by atoms with Gasteiger partial charge in [-0.05, 0) is 0 Å². The molecule has 0 aromatic carbocycles. The summed E-state index contributed by atoms with van der Waals surface area (Å²) in [6.07, 6.45) is 17.3. The van der Waals surface area contributed by atoms with Crippen LogP contribution in [0.1, 0.15) is 186 Å². The molecular weight excluding hydrogens is 524 g/mol. The van der Waals surface area contributed by atoms with Crippen molar-refractivity contribution >= 4 is 0 Å². The van der Waals surface area contributed by atoms with Gasteiger partial charge in [-0.3, -0.25) is 0 Å². The Morgan fingerprint density at radius 1 is 0.444 bits per heavy atom. The zero-order valence-corrected chi connectivity index (χ0v) is 29.5. The molecule has 0 aliphatic rings. The van der Waals surface area contributed by atoms with Crippen LogP contribution in [0.3, 0.4) is 0 Å². The molecule has 0 unspecified atom stereocenters. The second-order valence-electron chi connectivity index (χ2n) is 14.3. The number of hydrogen-bond acceptors (Lipinski definition) is 3. The molecular formula is C32H68O3Zr. The van der Waals surface area contributed by atoms with Gasteiger partial charge in [0, 0.05) is 0 Å². The quantitative estimate of drug-likeness (QED) is 0.117. The average molecular weight is 592 g/mol. The van der Waals surface area contributed by atoms with E-state index in [1.165, 1.54) is 25.7 Å². The second-order valence-corrected chi connectivity index (χ2v) is 26.8. The van der Waals surface area contributed by atoms with E-state index in [9.17, 15) is 0 Å². The second kappa shape index (κ2) is 15.4. The van der Waals surface area contributed by atoms with E-state index in [1.54, 1.807) is 0 Å². The molecule has 0 atom stereocenters. The van der Waals surface area contributed by atoms with Crippen LogP contribution in [-0.2, 0) is 28.1 Å². The fourth-order valence-electron chi connectivity index (χ4n) is 6.26. The molecule has 36 heavy (non-hydrogen) atoms. The first-order valence-electron chi connectivity index (χ1n) is 15.8. The maximum atomic E-state index is 16.6. The van der Waals surface area contributed by atoms with E-state index in [4.69, 9.17) is 5.63 Å². The molecule has 0 aliphatic heterocycles. The van der Waals surface area contributed by atoms with Crippen LogP contribution in [0.4, 0.5) is 0 Å². The molecule has 0 aliphatic carbocycles. The van der Waals surface area contributed by atoms with Crippen molar-refractivity contribution in [2.75, 3.05) is 0 Å². The van der Waals surface area contributed by atoms with Gasteiger partial charge < -0.3 is 0 Å². The van der Waals surface area contributed by atoms with Gasteiger partial charge in [-0.1, -0.05) is 0 Å². The third kappa shape index (κ3) is 9.97. The van der Waals surface area contributed by atoms with Gasteiger partial charge in [-0.2, -0.15) is 0 Å². The number of unbranched alkanes of at least 4 members (excludes halogenated alkanes) is 8. The van der Waals surface area contributed by atoms with Gasteiger partial charge in [0.05, 0.1) is 0 Å². The summed E-state index contributed by atoms with van der Waals surface area (Å²) in [5.74, 6) is 0. The monoisotopic (exact) mass is 590 g/mol. The van der Waals surface area contributed by atoms with Gasteiger partial charge in [0.25, 0.3) is 0 Å². The Morgan fingerprint density at radius 3 is 0.944 bits per heavy atom. The summed E-state index contributed by atoms with van der Waals surface area (Å²) in [6, 6.07) is 0. The predicted octanol–water partition coefficient (Wildman–Crippen LogP) is 12.2. The predicted molar refractivity (Wildman–Crippen MR) is 156 cm³/mol. The molecule has 0 N–H and O–H groups in total. The molecule has 0 aromatic heterocycles. The summed E-state index contributed by atoms with van der Waals surface area (Å²) in [4.78, 5) is 0. The minimum absolute atomic E-state index is 0.480. The summed E-state index contributed by atoms with van der Waals surface area (Å²) < 4.78 is 30.2. The van der Waals surface area contributed by atoms with Crippen LogP contribution in [-0.4, -0.2) is 11.2 Å². The van der Waals surface area contributed by atoms with Crippen molar-refractivity contribution in [1.82, 2.24) is 0 Å². The number of hydrogen-bond donors (Lipinski definition) is 0. The van der Waals surface area contributed by atoms with Crippen LogP contribution in [0.2, 0.25) is 6.25 Å². The topological polar surface area (TPSA) is 35.5 Å². The van der Waals surface area contributed by atoms with E-state index in [0.29, 0.717) is 0 Å². The molecule has 218 valence electrons. The van der Waals surface area contributed by atoms with Gasteiger partial charge >= 0.3 is 231 Å². The van der Waals surface area contributed by atoms with Gasteiger partial charge in [0.1, 0.15) is 0 Å². The molecule has 0 bridgehead atoms. The third-order valence-electron chi connectivity index (χ3n) is 8.83. The van der Waals surface area contributed by atoms with Crippen molar-refractivity contribution in [3.05, 3.63) is 0 Å². The van der Waals surface area contributed by atoms with Crippen LogP contribution < -0.4 is 0 Å². The Bertz CT molecular complexity index is 604. The SMILES string of the molecule is CCCCCC(C)(C)[O][Zr](=[O])([O]C(C)(C)CCCCC)([C](C)(C)CCCCC)[C](C)(C)CCCCC. The van der Waals surface area contributed by atoms with E-state index < -0.39 is 37.1 Å². The van der Waals surface area contributed by atoms with Crippen LogP contribution >= 0.6 is 0 Å². The van der Waals surface area contributed by atoms with Gasteiger partial charge in [0.2, 0.25) is 0 Å². The molecule has 0 spiro atoms. The van der Waals surface area contributed by atoms with Gasteiger partial charge in [-0.15, -0.1) is 0 Å². The van der Waals surface area contributed by atoms with E-state index in [1.807, 2.05) is 0 Å². The zero-order chi connectivity index (χ0) is 28.2. The van der Waals surface area contributed by atoms with Crippen molar-refractivity contribution in [2.24, 2.45) is 0 Å². The van der Waals surface area contributed by atoms with Crippen molar-refractivity contribution in [3.63, 3.8) is 0 Å². The van der Waals surface area contributed by atoms with Crippen molar-refractivity contribution < 1.29 is 28.1 Å². The van der Waals surface area contributed by atoms with Gasteiger partial charge in [0.15, 0.2) is 0 Å². The molecule has 0 saturated heterocycles. The third-order valence-corrected chi connectivity index (χ3v) is 26.1. The molecule has 0 heterocycles. The Balaban J connectivity index is 6.91. The first-order chi connectivity index (χ1) is 16.5. The normalized spacial score (nSPS) is 14.5. The zero-order valence-electron chi connectivity index (χ0n) is 27.0. The summed E-state index contributed by atoms with van der Waals surface area (Å²) in [5, 5.41) is 0. The molecule has 3 nitrogen and oxygen atoms in total. The van der Waals surface area contributed by atoms with Crippen molar-refractivity contribution in [1.29, 1.82) is 0 Å². The van der Waals surface area contributed by atoms with E-state index in [-0.39, 0.29) is 0 Å². The molecule has 0 aromatic rings. The Labute approximate surface area is 230 Å². The van der Waals surface area contributed by atoms with E-state index >= 15 is 2.81 Å². The van der Waals surface area contributed by atoms with Crippen LogP contribution in [0, 0.1) is 0 Å². The molecule has 4 heteroatoms. The first-order valence-corrected chi connectivity index (χ1v) is 21.2. The van der Waals surface area contributed by atoms with Crippen LogP contribution in [0.5, 0.6) is 0 Å². The van der Waals surface area contributed by atoms with Crippen LogP contribution in [0.15, 0.2) is 0 Å². The van der Waals surface area contributed by atoms with E-state index in [0.717, 1.165) is 77.0 Å². The standard InChI is InChI=1S/2C8H17O.2C8H17.O.Zr/c2*1-4-5-6-7-8(2,3)9;2*1-4-5-6-7-8(2)3;;/h2*4-7H2,1-3H3;2*4-7H2,1-3H3;;/q2*-1;;;;+2. The summed E-state index contributed by atoms with van der Waals surface area (Å²) in [5.41, 5.74) is -0.961. The van der Waals surface area contributed by atoms with Gasteiger partial charge in [-0.25, -0.2) is 0 Å². The molecule has 0 amide bonds. The average Bonchev–Trinajstić information content (AvgIpc) is 2.73. The maximum absolute atomic E-state index is 16.6. The Hall–Kier alpha value is 0.603. The Kier molecular flexibility index (Phi) is 15.7. The minimum atomic E-state index is -5.79. The van der Waals surface area contributed by atoms with Crippen molar-refractivity contribution in [2.45, 2.75) is 203 Å². The Morgan fingerprint density at radius 2 is 0.694 bits per heavy atom. The summed E-state index contributed by atoms with van der Waals surface area (Å²) >= 11 is -5.79. The summed E-state index contributed by atoms with van der Waals surface area (Å²) in [6.45, 7) is 26.6. The van der Waals surface area contributed by atoms with Crippen molar-refractivity contribution in [3.8, 4) is 0 Å². The van der Waals surface area contributed by atoms with Crippen LogP contribution in [0.25, 0.3) is 0 Å². The van der Waals surface area contributed by atoms with E-state index in [2.05, 4.69) is 83.1 Å².